The van der Waals surface area contributed by atoms with Gasteiger partial charge in [0.05, 0.1) is 12.0 Å². The van der Waals surface area contributed by atoms with E-state index in [4.69, 9.17) is 4.74 Å². The van der Waals surface area contributed by atoms with Crippen LogP contribution in [-0.2, 0) is 16.6 Å². The molecular formula is C22H28N2O4S. The summed E-state index contributed by atoms with van der Waals surface area (Å²) in [5.74, 6) is 0.392. The molecule has 0 aromatic heterocycles. The second kappa shape index (κ2) is 9.41. The fourth-order valence-electron chi connectivity index (χ4n) is 3.56. The Morgan fingerprint density at radius 1 is 1.07 bits per heavy atom. The van der Waals surface area contributed by atoms with E-state index in [9.17, 15) is 13.2 Å². The molecule has 1 aliphatic heterocycles. The Hall–Kier alpha value is -2.38. The van der Waals surface area contributed by atoms with Crippen LogP contribution < -0.4 is 10.1 Å². The molecule has 7 heteroatoms. The fourth-order valence-corrected chi connectivity index (χ4v) is 5.10. The molecule has 2 aromatic carbocycles. The minimum atomic E-state index is -3.60. The van der Waals surface area contributed by atoms with Crippen LogP contribution >= 0.6 is 0 Å². The summed E-state index contributed by atoms with van der Waals surface area (Å²) in [6, 6.07) is 12.2. The topological polar surface area (TPSA) is 75.7 Å². The summed E-state index contributed by atoms with van der Waals surface area (Å²) in [6.07, 6.45) is 3.85. The number of carbonyl (C=O) groups is 1. The Kier molecular flexibility index (Phi) is 6.92. The molecule has 1 fully saturated rings. The van der Waals surface area contributed by atoms with Crippen LogP contribution in [0.25, 0.3) is 0 Å². The van der Waals surface area contributed by atoms with E-state index in [1.807, 2.05) is 24.3 Å². The number of rotatable bonds is 6. The summed E-state index contributed by atoms with van der Waals surface area (Å²) in [7, 11) is -2.02. The van der Waals surface area contributed by atoms with Gasteiger partial charge in [-0.3, -0.25) is 4.79 Å². The fraction of sp³-hybridized carbons (Fsp3) is 0.409. The van der Waals surface area contributed by atoms with Gasteiger partial charge in [-0.15, -0.1) is 0 Å². The van der Waals surface area contributed by atoms with Gasteiger partial charge in [-0.2, -0.15) is 4.31 Å². The second-order valence-corrected chi connectivity index (χ2v) is 9.23. The van der Waals surface area contributed by atoms with E-state index in [0.29, 0.717) is 30.9 Å². The molecule has 156 valence electrons. The molecule has 0 unspecified atom stereocenters. The summed E-state index contributed by atoms with van der Waals surface area (Å²) in [5.41, 5.74) is 1.96. The lowest BCUT2D eigenvalue weighted by Gasteiger charge is -2.20. The molecule has 0 radical (unpaired) electrons. The normalized spacial score (nSPS) is 15.5. The molecule has 0 atom stereocenters. The van der Waals surface area contributed by atoms with E-state index in [2.05, 4.69) is 5.32 Å². The van der Waals surface area contributed by atoms with Gasteiger partial charge in [0.25, 0.3) is 5.91 Å². The summed E-state index contributed by atoms with van der Waals surface area (Å²) >= 11 is 0. The number of ether oxygens (including phenoxy) is 1. The van der Waals surface area contributed by atoms with E-state index < -0.39 is 10.0 Å². The molecule has 1 heterocycles. The van der Waals surface area contributed by atoms with Crippen molar-refractivity contribution in [2.24, 2.45) is 0 Å². The summed E-state index contributed by atoms with van der Waals surface area (Å²) in [5, 5.41) is 2.87. The lowest BCUT2D eigenvalue weighted by Crippen LogP contribution is -2.32. The molecular weight excluding hydrogens is 388 g/mol. The summed E-state index contributed by atoms with van der Waals surface area (Å²) < 4.78 is 33.0. The van der Waals surface area contributed by atoms with E-state index >= 15 is 0 Å². The van der Waals surface area contributed by atoms with Gasteiger partial charge in [0, 0.05) is 30.8 Å². The minimum absolute atomic E-state index is 0.174. The predicted octanol–water partition coefficient (Wildman–Crippen LogP) is 3.50. The number of aryl methyl sites for hydroxylation is 1. The van der Waals surface area contributed by atoms with Crippen LogP contribution in [0.2, 0.25) is 0 Å². The van der Waals surface area contributed by atoms with Gasteiger partial charge < -0.3 is 10.1 Å². The monoisotopic (exact) mass is 416 g/mol. The Balaban J connectivity index is 1.80. The van der Waals surface area contributed by atoms with E-state index in [1.54, 1.807) is 30.5 Å². The van der Waals surface area contributed by atoms with E-state index in [0.717, 1.165) is 36.8 Å². The average Bonchev–Trinajstić information content (AvgIpc) is 3.02. The van der Waals surface area contributed by atoms with Crippen LogP contribution in [0.15, 0.2) is 47.4 Å². The van der Waals surface area contributed by atoms with E-state index in [-0.39, 0.29) is 10.8 Å². The first-order valence-electron chi connectivity index (χ1n) is 9.94. The van der Waals surface area contributed by atoms with Crippen LogP contribution in [0.1, 0.15) is 47.2 Å². The molecule has 29 heavy (non-hydrogen) atoms. The predicted molar refractivity (Wildman–Crippen MR) is 113 cm³/mol. The molecule has 0 bridgehead atoms. The van der Waals surface area contributed by atoms with Crippen molar-refractivity contribution in [3.8, 4) is 5.75 Å². The molecule has 6 nitrogen and oxygen atoms in total. The lowest BCUT2D eigenvalue weighted by molar-refractivity contribution is 0.0950. The van der Waals surface area contributed by atoms with Gasteiger partial charge in [0.1, 0.15) is 5.75 Å². The van der Waals surface area contributed by atoms with Crippen molar-refractivity contribution in [2.45, 2.75) is 44.0 Å². The van der Waals surface area contributed by atoms with Crippen molar-refractivity contribution in [1.29, 1.82) is 0 Å². The van der Waals surface area contributed by atoms with E-state index in [1.165, 1.54) is 6.07 Å². The average molecular weight is 417 g/mol. The van der Waals surface area contributed by atoms with Crippen LogP contribution in [0.4, 0.5) is 0 Å². The number of carbonyl (C=O) groups excluding carboxylic acids is 1. The first-order chi connectivity index (χ1) is 13.9. The molecule has 1 amide bonds. The Morgan fingerprint density at radius 2 is 1.76 bits per heavy atom. The second-order valence-electron chi connectivity index (χ2n) is 7.29. The van der Waals surface area contributed by atoms with Gasteiger partial charge in [-0.1, -0.05) is 37.1 Å². The van der Waals surface area contributed by atoms with Crippen LogP contribution in [-0.4, -0.2) is 38.8 Å². The van der Waals surface area contributed by atoms with Crippen LogP contribution in [0, 0.1) is 6.92 Å². The van der Waals surface area contributed by atoms with Crippen molar-refractivity contribution in [3.05, 3.63) is 59.2 Å². The maximum atomic E-state index is 13.1. The van der Waals surface area contributed by atoms with Crippen LogP contribution in [0.5, 0.6) is 5.75 Å². The van der Waals surface area contributed by atoms with Crippen molar-refractivity contribution in [3.63, 3.8) is 0 Å². The first kappa shape index (κ1) is 21.3. The van der Waals surface area contributed by atoms with Crippen molar-refractivity contribution < 1.29 is 17.9 Å². The molecule has 0 aliphatic carbocycles. The number of para-hydroxylation sites is 1. The minimum Gasteiger partial charge on any atom is -0.496 e. The van der Waals surface area contributed by atoms with Gasteiger partial charge in [0.2, 0.25) is 10.0 Å². The highest BCUT2D eigenvalue weighted by Crippen LogP contribution is 2.23. The quantitative estimate of drug-likeness (QED) is 0.782. The number of benzene rings is 2. The van der Waals surface area contributed by atoms with Gasteiger partial charge in [-0.05, 0) is 43.5 Å². The van der Waals surface area contributed by atoms with Gasteiger partial charge >= 0.3 is 0 Å². The molecule has 1 N–H and O–H groups in total. The molecule has 3 rings (SSSR count). The standard InChI is InChI=1S/C22H28N2O4S/c1-17-11-12-19(29(26,27)24-13-7-3-4-8-14-24)15-20(17)22(25)23-16-18-9-5-6-10-21(18)28-2/h5-6,9-12,15H,3-4,7-8,13-14,16H2,1-2H3,(H,23,25). The number of amides is 1. The molecule has 1 aliphatic rings. The van der Waals surface area contributed by atoms with Gasteiger partial charge in [-0.25, -0.2) is 8.42 Å². The Labute approximate surface area is 172 Å². The summed E-state index contributed by atoms with van der Waals surface area (Å²) in [4.78, 5) is 13.0. The third kappa shape index (κ3) is 4.97. The maximum Gasteiger partial charge on any atom is 0.251 e. The third-order valence-electron chi connectivity index (χ3n) is 5.29. The maximum absolute atomic E-state index is 13.1. The SMILES string of the molecule is COc1ccccc1CNC(=O)c1cc(S(=O)(=O)N2CCCCCC2)ccc1C. The molecule has 2 aromatic rings. The third-order valence-corrected chi connectivity index (χ3v) is 7.18. The van der Waals surface area contributed by atoms with Crippen molar-refractivity contribution >= 4 is 15.9 Å². The highest BCUT2D eigenvalue weighted by molar-refractivity contribution is 7.89. The Morgan fingerprint density at radius 3 is 2.45 bits per heavy atom. The number of hydrogen-bond donors (Lipinski definition) is 1. The van der Waals surface area contributed by atoms with Crippen molar-refractivity contribution in [1.82, 2.24) is 9.62 Å². The molecule has 0 spiro atoms. The molecule has 1 saturated heterocycles. The zero-order valence-corrected chi connectivity index (χ0v) is 17.8. The van der Waals surface area contributed by atoms with Gasteiger partial charge in [0.15, 0.2) is 0 Å². The van der Waals surface area contributed by atoms with Crippen molar-refractivity contribution in [2.75, 3.05) is 20.2 Å². The zero-order chi connectivity index (χ0) is 20.9. The number of sulfonamides is 1. The summed E-state index contributed by atoms with van der Waals surface area (Å²) in [6.45, 7) is 3.17. The Bertz CT molecular complexity index is 965. The largest absolute Gasteiger partial charge is 0.496 e. The molecule has 0 saturated carbocycles. The highest BCUT2D eigenvalue weighted by atomic mass is 32.2. The zero-order valence-electron chi connectivity index (χ0n) is 17.0. The highest BCUT2D eigenvalue weighted by Gasteiger charge is 2.26. The number of nitrogens with one attached hydrogen (secondary N) is 1. The smallest absolute Gasteiger partial charge is 0.251 e. The first-order valence-corrected chi connectivity index (χ1v) is 11.4. The van der Waals surface area contributed by atoms with Crippen LogP contribution in [0.3, 0.4) is 0 Å². The lowest BCUT2D eigenvalue weighted by atomic mass is 10.1. The number of methoxy groups -OCH3 is 1. The number of hydrogen-bond acceptors (Lipinski definition) is 4. The number of nitrogens with zero attached hydrogens (tertiary/aromatic N) is 1.